The quantitative estimate of drug-likeness (QED) is 0.905. The third-order valence-electron chi connectivity index (χ3n) is 2.96. The summed E-state index contributed by atoms with van der Waals surface area (Å²) in [6.45, 7) is 6.07. The fourth-order valence-corrected chi connectivity index (χ4v) is 3.19. The van der Waals surface area contributed by atoms with E-state index in [1.54, 1.807) is 23.5 Å². The summed E-state index contributed by atoms with van der Waals surface area (Å²) in [5, 5.41) is 4.71. The molecule has 1 aromatic carbocycles. The highest BCUT2D eigenvalue weighted by atomic mass is 35.5. The molecule has 4 nitrogen and oxygen atoms in total. The van der Waals surface area contributed by atoms with Crippen molar-refractivity contribution < 1.29 is 4.79 Å². The highest BCUT2D eigenvalue weighted by molar-refractivity contribution is 7.11. The van der Waals surface area contributed by atoms with Gasteiger partial charge in [-0.25, -0.2) is 4.98 Å². The highest BCUT2D eigenvalue weighted by Crippen LogP contribution is 2.27. The van der Waals surface area contributed by atoms with Gasteiger partial charge in [-0.1, -0.05) is 11.6 Å². The maximum absolute atomic E-state index is 11.3. The van der Waals surface area contributed by atoms with Gasteiger partial charge in [0, 0.05) is 10.6 Å². The number of benzene rings is 1. The molecule has 6 heteroatoms. The molecule has 3 N–H and O–H groups in total. The predicted octanol–water partition coefficient (Wildman–Crippen LogP) is 3.69. The number of primary amides is 1. The molecule has 0 bridgehead atoms. The van der Waals surface area contributed by atoms with Gasteiger partial charge in [-0.2, -0.15) is 0 Å². The van der Waals surface area contributed by atoms with E-state index in [0.29, 0.717) is 10.6 Å². The lowest BCUT2D eigenvalue weighted by Gasteiger charge is -2.15. The zero-order valence-corrected chi connectivity index (χ0v) is 13.1. The Morgan fingerprint density at radius 1 is 1.45 bits per heavy atom. The summed E-state index contributed by atoms with van der Waals surface area (Å²) in [4.78, 5) is 17.0. The lowest BCUT2D eigenvalue weighted by atomic mass is 10.1. The molecule has 1 aromatic heterocycles. The van der Waals surface area contributed by atoms with Crippen LogP contribution in [0.2, 0.25) is 5.02 Å². The van der Waals surface area contributed by atoms with Gasteiger partial charge >= 0.3 is 0 Å². The van der Waals surface area contributed by atoms with Crippen LogP contribution in [0.4, 0.5) is 5.69 Å². The molecule has 1 atom stereocenters. The van der Waals surface area contributed by atoms with Crippen LogP contribution in [0, 0.1) is 13.8 Å². The van der Waals surface area contributed by atoms with Gasteiger partial charge in [0.25, 0.3) is 0 Å². The molecule has 0 saturated heterocycles. The number of rotatable bonds is 4. The first kappa shape index (κ1) is 14.8. The van der Waals surface area contributed by atoms with Crippen LogP contribution in [0.1, 0.15) is 38.9 Å². The average Bonchev–Trinajstić information content (AvgIpc) is 2.70. The monoisotopic (exact) mass is 309 g/mol. The van der Waals surface area contributed by atoms with E-state index in [0.717, 1.165) is 16.4 Å². The summed E-state index contributed by atoms with van der Waals surface area (Å²) in [6, 6.07) is 5.19. The van der Waals surface area contributed by atoms with E-state index in [4.69, 9.17) is 17.3 Å². The second kappa shape index (κ2) is 5.81. The molecular formula is C14H16ClN3OS. The SMILES string of the molecule is Cc1nc(C(C)Nc2ccc(Cl)c(C(N)=O)c2)c(C)s1. The molecule has 0 aliphatic rings. The summed E-state index contributed by atoms with van der Waals surface area (Å²) >= 11 is 7.61. The molecule has 1 heterocycles. The van der Waals surface area contributed by atoms with Crippen LogP contribution in [-0.4, -0.2) is 10.9 Å². The molecule has 0 radical (unpaired) electrons. The van der Waals surface area contributed by atoms with Crippen molar-refractivity contribution in [2.24, 2.45) is 5.73 Å². The topological polar surface area (TPSA) is 68.0 Å². The molecule has 0 fully saturated rings. The lowest BCUT2D eigenvalue weighted by Crippen LogP contribution is -2.13. The summed E-state index contributed by atoms with van der Waals surface area (Å²) in [5.41, 5.74) is 7.41. The predicted molar refractivity (Wildman–Crippen MR) is 83.6 cm³/mol. The molecule has 106 valence electrons. The van der Waals surface area contributed by atoms with Gasteiger partial charge in [-0.15, -0.1) is 11.3 Å². The summed E-state index contributed by atoms with van der Waals surface area (Å²) in [7, 11) is 0. The van der Waals surface area contributed by atoms with E-state index in [1.165, 1.54) is 4.88 Å². The van der Waals surface area contributed by atoms with Crippen molar-refractivity contribution in [1.82, 2.24) is 4.98 Å². The van der Waals surface area contributed by atoms with E-state index in [-0.39, 0.29) is 6.04 Å². The average molecular weight is 310 g/mol. The molecule has 2 aromatic rings. The Balaban J connectivity index is 2.24. The molecular weight excluding hydrogens is 294 g/mol. The van der Waals surface area contributed by atoms with Crippen LogP contribution in [0.25, 0.3) is 0 Å². The number of nitrogens with two attached hydrogens (primary N) is 1. The number of nitrogens with one attached hydrogen (secondary N) is 1. The van der Waals surface area contributed by atoms with Crippen molar-refractivity contribution in [1.29, 1.82) is 0 Å². The van der Waals surface area contributed by atoms with E-state index >= 15 is 0 Å². The molecule has 0 spiro atoms. The number of nitrogens with zero attached hydrogens (tertiary/aromatic N) is 1. The Labute approximate surface area is 127 Å². The maximum Gasteiger partial charge on any atom is 0.250 e. The summed E-state index contributed by atoms with van der Waals surface area (Å²) in [5.74, 6) is -0.535. The molecule has 0 aliphatic carbocycles. The first-order valence-electron chi connectivity index (χ1n) is 6.18. The first-order valence-corrected chi connectivity index (χ1v) is 7.37. The summed E-state index contributed by atoms with van der Waals surface area (Å²) in [6.07, 6.45) is 0. The molecule has 1 amide bonds. The van der Waals surface area contributed by atoms with Crippen LogP contribution in [0.15, 0.2) is 18.2 Å². The normalized spacial score (nSPS) is 12.2. The zero-order valence-electron chi connectivity index (χ0n) is 11.5. The van der Waals surface area contributed by atoms with Gasteiger partial charge in [-0.3, -0.25) is 4.79 Å². The van der Waals surface area contributed by atoms with E-state index in [1.807, 2.05) is 19.9 Å². The van der Waals surface area contributed by atoms with Gasteiger partial charge in [0.05, 0.1) is 27.3 Å². The van der Waals surface area contributed by atoms with Crippen molar-refractivity contribution in [2.45, 2.75) is 26.8 Å². The van der Waals surface area contributed by atoms with Crippen LogP contribution >= 0.6 is 22.9 Å². The Morgan fingerprint density at radius 2 is 2.15 bits per heavy atom. The minimum atomic E-state index is -0.535. The molecule has 20 heavy (non-hydrogen) atoms. The largest absolute Gasteiger partial charge is 0.377 e. The maximum atomic E-state index is 11.3. The Hall–Kier alpha value is -1.59. The van der Waals surface area contributed by atoms with Crippen molar-refractivity contribution in [3.8, 4) is 0 Å². The number of carbonyl (C=O) groups excluding carboxylic acids is 1. The lowest BCUT2D eigenvalue weighted by molar-refractivity contribution is 0.100. The standard InChI is InChI=1S/C14H16ClN3OS/c1-7(13-8(2)20-9(3)18-13)17-10-4-5-12(15)11(6-10)14(16)19/h4-7,17H,1-3H3,(H2,16,19). The van der Waals surface area contributed by atoms with E-state index in [9.17, 15) is 4.79 Å². The fourth-order valence-electron chi connectivity index (χ4n) is 2.07. The zero-order chi connectivity index (χ0) is 14.9. The van der Waals surface area contributed by atoms with Crippen molar-refractivity contribution >= 4 is 34.5 Å². The number of halogens is 1. The molecule has 0 saturated carbocycles. The number of carbonyl (C=O) groups is 1. The Kier molecular flexibility index (Phi) is 4.30. The first-order chi connectivity index (χ1) is 9.38. The van der Waals surface area contributed by atoms with E-state index in [2.05, 4.69) is 17.2 Å². The second-order valence-electron chi connectivity index (χ2n) is 4.60. The number of aryl methyl sites for hydroxylation is 2. The third-order valence-corrected chi connectivity index (χ3v) is 4.20. The number of thiazole rings is 1. The van der Waals surface area contributed by atoms with Crippen molar-refractivity contribution in [3.05, 3.63) is 44.4 Å². The highest BCUT2D eigenvalue weighted by Gasteiger charge is 2.14. The van der Waals surface area contributed by atoms with E-state index < -0.39 is 5.91 Å². The molecule has 0 aliphatic heterocycles. The number of hydrogen-bond acceptors (Lipinski definition) is 4. The number of anilines is 1. The minimum absolute atomic E-state index is 0.0434. The minimum Gasteiger partial charge on any atom is -0.377 e. The van der Waals surface area contributed by atoms with Crippen LogP contribution in [0.3, 0.4) is 0 Å². The van der Waals surface area contributed by atoms with Gasteiger partial charge < -0.3 is 11.1 Å². The number of aromatic nitrogens is 1. The third kappa shape index (κ3) is 3.11. The van der Waals surface area contributed by atoms with Gasteiger partial charge in [0.15, 0.2) is 0 Å². The number of amides is 1. The smallest absolute Gasteiger partial charge is 0.250 e. The van der Waals surface area contributed by atoms with Crippen LogP contribution < -0.4 is 11.1 Å². The number of hydrogen-bond donors (Lipinski definition) is 2. The van der Waals surface area contributed by atoms with Gasteiger partial charge in [0.1, 0.15) is 0 Å². The van der Waals surface area contributed by atoms with Gasteiger partial charge in [-0.05, 0) is 39.0 Å². The van der Waals surface area contributed by atoms with Gasteiger partial charge in [0.2, 0.25) is 5.91 Å². The van der Waals surface area contributed by atoms with Crippen LogP contribution in [0.5, 0.6) is 0 Å². The van der Waals surface area contributed by atoms with Crippen molar-refractivity contribution in [2.75, 3.05) is 5.32 Å². The van der Waals surface area contributed by atoms with Crippen molar-refractivity contribution in [3.63, 3.8) is 0 Å². The fraction of sp³-hybridized carbons (Fsp3) is 0.286. The molecule has 2 rings (SSSR count). The Bertz CT molecular complexity index is 654. The van der Waals surface area contributed by atoms with Crippen LogP contribution in [-0.2, 0) is 0 Å². The second-order valence-corrected chi connectivity index (χ2v) is 6.41. The Morgan fingerprint density at radius 3 is 2.70 bits per heavy atom. The summed E-state index contributed by atoms with van der Waals surface area (Å²) < 4.78 is 0. The molecule has 1 unspecified atom stereocenters.